The molecular formula is C15H19N3O2S. The van der Waals surface area contributed by atoms with Gasteiger partial charge >= 0.3 is 0 Å². The maximum absolute atomic E-state index is 11.4. The van der Waals surface area contributed by atoms with Crippen molar-refractivity contribution in [2.45, 2.75) is 33.3 Å². The van der Waals surface area contributed by atoms with Crippen LogP contribution in [0.15, 0.2) is 24.4 Å². The number of hydrogen-bond donors (Lipinski definition) is 2. The van der Waals surface area contributed by atoms with E-state index in [9.17, 15) is 4.79 Å². The molecule has 0 unspecified atom stereocenters. The molecule has 0 radical (unpaired) electrons. The number of carbonyl (C=O) groups excluding carboxylic acids is 1. The Labute approximate surface area is 128 Å². The van der Waals surface area contributed by atoms with Gasteiger partial charge in [-0.1, -0.05) is 26.0 Å². The summed E-state index contributed by atoms with van der Waals surface area (Å²) in [5.74, 6) is 6.01. The van der Waals surface area contributed by atoms with E-state index < -0.39 is 0 Å². The summed E-state index contributed by atoms with van der Waals surface area (Å²) in [5.41, 5.74) is 4.40. The number of thiazole rings is 1. The van der Waals surface area contributed by atoms with Gasteiger partial charge in [0.1, 0.15) is 22.2 Å². The Morgan fingerprint density at radius 2 is 2.24 bits per heavy atom. The zero-order valence-corrected chi connectivity index (χ0v) is 13.2. The molecule has 0 spiro atoms. The van der Waals surface area contributed by atoms with E-state index in [1.807, 2.05) is 13.0 Å². The molecule has 6 heteroatoms. The molecule has 0 aliphatic heterocycles. The Kier molecular flexibility index (Phi) is 4.93. The lowest BCUT2D eigenvalue weighted by molar-refractivity contribution is 0.0957. The second-order valence-corrected chi connectivity index (χ2v) is 6.19. The summed E-state index contributed by atoms with van der Waals surface area (Å²) >= 11 is 1.28. The highest BCUT2D eigenvalue weighted by atomic mass is 32.1. The van der Waals surface area contributed by atoms with Crippen LogP contribution in [0.1, 0.15) is 45.6 Å². The molecule has 0 bridgehead atoms. The number of hydrazine groups is 1. The number of aryl methyl sites for hydroxylation is 1. The van der Waals surface area contributed by atoms with E-state index >= 15 is 0 Å². The summed E-state index contributed by atoms with van der Waals surface area (Å²) in [6, 6.07) is 6.19. The number of nitrogens with zero attached hydrogens (tertiary/aromatic N) is 1. The Bertz CT molecular complexity index is 638. The number of aromatic nitrogens is 1. The van der Waals surface area contributed by atoms with Gasteiger partial charge in [-0.3, -0.25) is 10.2 Å². The largest absolute Gasteiger partial charge is 0.486 e. The fourth-order valence-electron chi connectivity index (χ4n) is 1.94. The number of amides is 1. The van der Waals surface area contributed by atoms with Gasteiger partial charge in [-0.25, -0.2) is 10.8 Å². The van der Waals surface area contributed by atoms with E-state index in [0.29, 0.717) is 17.4 Å². The van der Waals surface area contributed by atoms with Crippen LogP contribution < -0.4 is 16.0 Å². The molecule has 0 saturated carbocycles. The summed E-state index contributed by atoms with van der Waals surface area (Å²) in [7, 11) is 0. The summed E-state index contributed by atoms with van der Waals surface area (Å²) in [6.07, 6.45) is 1.51. The monoisotopic (exact) mass is 305 g/mol. The second kappa shape index (κ2) is 6.69. The Morgan fingerprint density at radius 3 is 2.90 bits per heavy atom. The highest BCUT2D eigenvalue weighted by Gasteiger charge is 2.12. The first-order valence-corrected chi connectivity index (χ1v) is 7.52. The van der Waals surface area contributed by atoms with Crippen LogP contribution in [0.25, 0.3) is 0 Å². The first-order valence-electron chi connectivity index (χ1n) is 6.70. The smallest absolute Gasteiger partial charge is 0.276 e. The highest BCUT2D eigenvalue weighted by Crippen LogP contribution is 2.28. The molecule has 1 aromatic heterocycles. The average molecular weight is 305 g/mol. The minimum Gasteiger partial charge on any atom is -0.486 e. The first kappa shape index (κ1) is 15.5. The number of rotatable bonds is 5. The number of nitrogen functional groups attached to an aromatic ring is 1. The third kappa shape index (κ3) is 3.80. The van der Waals surface area contributed by atoms with Crippen LogP contribution >= 0.6 is 11.3 Å². The molecule has 5 nitrogen and oxygen atoms in total. The number of nitrogens with two attached hydrogens (primary N) is 1. The summed E-state index contributed by atoms with van der Waals surface area (Å²) in [5, 5.41) is 0.741. The van der Waals surface area contributed by atoms with Gasteiger partial charge in [0.25, 0.3) is 5.91 Å². The molecule has 1 heterocycles. The zero-order chi connectivity index (χ0) is 15.4. The molecule has 0 aliphatic carbocycles. The van der Waals surface area contributed by atoms with Crippen molar-refractivity contribution >= 4 is 17.2 Å². The number of ether oxygens (including phenoxy) is 1. The second-order valence-electron chi connectivity index (χ2n) is 5.08. The van der Waals surface area contributed by atoms with Gasteiger partial charge < -0.3 is 4.74 Å². The van der Waals surface area contributed by atoms with E-state index in [1.165, 1.54) is 17.5 Å². The summed E-state index contributed by atoms with van der Waals surface area (Å²) in [4.78, 5) is 16.0. The maximum atomic E-state index is 11.4. The Balaban J connectivity index is 2.11. The quantitative estimate of drug-likeness (QED) is 0.506. The molecule has 0 saturated heterocycles. The minimum atomic E-state index is -0.336. The van der Waals surface area contributed by atoms with Gasteiger partial charge in [0.05, 0.1) is 6.20 Å². The van der Waals surface area contributed by atoms with E-state index in [0.717, 1.165) is 21.9 Å². The third-order valence-corrected chi connectivity index (χ3v) is 4.02. The van der Waals surface area contributed by atoms with Gasteiger partial charge in [-0.2, -0.15) is 0 Å². The number of hydrogen-bond acceptors (Lipinski definition) is 5. The molecule has 3 N–H and O–H groups in total. The van der Waals surface area contributed by atoms with Crippen molar-refractivity contribution in [3.05, 3.63) is 45.4 Å². The predicted octanol–water partition coefficient (Wildman–Crippen LogP) is 2.76. The average Bonchev–Trinajstić information content (AvgIpc) is 2.93. The maximum Gasteiger partial charge on any atom is 0.276 e. The molecular weight excluding hydrogens is 286 g/mol. The normalized spacial score (nSPS) is 10.7. The van der Waals surface area contributed by atoms with Crippen molar-refractivity contribution in [1.82, 2.24) is 10.4 Å². The van der Waals surface area contributed by atoms with Gasteiger partial charge in [-0.15, -0.1) is 11.3 Å². The van der Waals surface area contributed by atoms with Crippen LogP contribution in [0, 0.1) is 6.92 Å². The molecule has 0 aliphatic rings. The van der Waals surface area contributed by atoms with Crippen LogP contribution in [0.5, 0.6) is 5.75 Å². The number of carbonyl (C=O) groups is 1. The SMILES string of the molecule is Cc1ccc(C(C)C)c(OCc2ncc(C(=O)NN)s2)c1. The van der Waals surface area contributed by atoms with Crippen LogP contribution in [-0.4, -0.2) is 10.9 Å². The fourth-order valence-corrected chi connectivity index (χ4v) is 2.67. The van der Waals surface area contributed by atoms with Crippen LogP contribution in [0.2, 0.25) is 0 Å². The summed E-state index contributed by atoms with van der Waals surface area (Å²) in [6.45, 7) is 6.63. The topological polar surface area (TPSA) is 77.2 Å². The van der Waals surface area contributed by atoms with Crippen molar-refractivity contribution in [3.63, 3.8) is 0 Å². The van der Waals surface area contributed by atoms with Crippen LogP contribution in [0.3, 0.4) is 0 Å². The van der Waals surface area contributed by atoms with E-state index in [4.69, 9.17) is 10.6 Å². The van der Waals surface area contributed by atoms with Crippen molar-refractivity contribution in [2.24, 2.45) is 5.84 Å². The van der Waals surface area contributed by atoms with Crippen LogP contribution in [0.4, 0.5) is 0 Å². The van der Waals surface area contributed by atoms with E-state index in [1.54, 1.807) is 0 Å². The van der Waals surface area contributed by atoms with Crippen molar-refractivity contribution in [1.29, 1.82) is 0 Å². The van der Waals surface area contributed by atoms with Gasteiger partial charge in [0.2, 0.25) is 0 Å². The molecule has 0 atom stereocenters. The molecule has 1 aromatic carbocycles. The number of benzene rings is 1. The van der Waals surface area contributed by atoms with E-state index in [2.05, 4.69) is 36.4 Å². The highest BCUT2D eigenvalue weighted by molar-refractivity contribution is 7.13. The predicted molar refractivity (Wildman–Crippen MR) is 83.4 cm³/mol. The lowest BCUT2D eigenvalue weighted by Gasteiger charge is -2.14. The Hall–Kier alpha value is -1.92. The molecule has 0 fully saturated rings. The lowest BCUT2D eigenvalue weighted by Crippen LogP contribution is -2.29. The molecule has 2 aromatic rings. The summed E-state index contributed by atoms with van der Waals surface area (Å²) < 4.78 is 5.88. The number of nitrogens with one attached hydrogen (secondary N) is 1. The first-order chi connectivity index (χ1) is 10.0. The molecule has 112 valence electrons. The third-order valence-electron chi connectivity index (χ3n) is 3.05. The van der Waals surface area contributed by atoms with Crippen molar-refractivity contribution < 1.29 is 9.53 Å². The van der Waals surface area contributed by atoms with Crippen molar-refractivity contribution in [3.8, 4) is 5.75 Å². The van der Waals surface area contributed by atoms with Gasteiger partial charge in [-0.05, 0) is 30.0 Å². The lowest BCUT2D eigenvalue weighted by atomic mass is 10.0. The zero-order valence-electron chi connectivity index (χ0n) is 12.3. The van der Waals surface area contributed by atoms with Crippen LogP contribution in [-0.2, 0) is 6.61 Å². The molecule has 21 heavy (non-hydrogen) atoms. The molecule has 2 rings (SSSR count). The standard InChI is InChI=1S/C15H19N3O2S/c1-9(2)11-5-4-10(3)6-12(11)20-8-14-17-7-13(21-14)15(19)18-16/h4-7,9H,8,16H2,1-3H3,(H,18,19). The van der Waals surface area contributed by atoms with Gasteiger partial charge in [0.15, 0.2) is 0 Å². The van der Waals surface area contributed by atoms with Gasteiger partial charge in [0, 0.05) is 0 Å². The van der Waals surface area contributed by atoms with E-state index in [-0.39, 0.29) is 5.91 Å². The van der Waals surface area contributed by atoms with Crippen molar-refractivity contribution in [2.75, 3.05) is 0 Å². The minimum absolute atomic E-state index is 0.336. The molecule has 1 amide bonds. The fraction of sp³-hybridized carbons (Fsp3) is 0.333. The Morgan fingerprint density at radius 1 is 1.48 bits per heavy atom.